The Morgan fingerprint density at radius 2 is 1.92 bits per heavy atom. The maximum absolute atomic E-state index is 13.6. The highest BCUT2D eigenvalue weighted by atomic mass is 32.1. The van der Waals surface area contributed by atoms with Crippen molar-refractivity contribution in [2.24, 2.45) is 5.92 Å². The maximum atomic E-state index is 13.6. The van der Waals surface area contributed by atoms with E-state index in [0.717, 1.165) is 48.7 Å². The number of fused-ring (bicyclic) bond motifs is 2. The van der Waals surface area contributed by atoms with Crippen LogP contribution in [0.4, 0.5) is 24.5 Å². The number of nitriles is 1. The lowest BCUT2D eigenvalue weighted by atomic mass is 9.75. The quantitative estimate of drug-likeness (QED) is 0.542. The van der Waals surface area contributed by atoms with Gasteiger partial charge in [-0.15, -0.1) is 0 Å². The number of anilines is 2. The van der Waals surface area contributed by atoms with Crippen LogP contribution in [0.25, 0.3) is 0 Å². The van der Waals surface area contributed by atoms with Crippen LogP contribution < -0.4 is 14.5 Å². The number of amides is 1. The van der Waals surface area contributed by atoms with Gasteiger partial charge in [0, 0.05) is 30.6 Å². The van der Waals surface area contributed by atoms with Crippen molar-refractivity contribution in [2.75, 3.05) is 23.4 Å². The first-order valence-corrected chi connectivity index (χ1v) is 12.7. The minimum absolute atomic E-state index is 0.0918. The van der Waals surface area contributed by atoms with Gasteiger partial charge >= 0.3 is 6.18 Å². The monoisotopic (exact) mass is 527 g/mol. The summed E-state index contributed by atoms with van der Waals surface area (Å²) in [4.78, 5) is 22.5. The van der Waals surface area contributed by atoms with Crippen molar-refractivity contribution in [2.45, 2.75) is 56.0 Å². The molecule has 2 aliphatic heterocycles. The van der Waals surface area contributed by atoms with Gasteiger partial charge in [0.2, 0.25) is 0 Å². The van der Waals surface area contributed by atoms with Crippen LogP contribution in [-0.4, -0.2) is 52.2 Å². The molecule has 3 atom stereocenters. The van der Waals surface area contributed by atoms with Crippen molar-refractivity contribution in [3.8, 4) is 11.8 Å². The number of ether oxygens (including phenoxy) is 1. The summed E-state index contributed by atoms with van der Waals surface area (Å²) in [6, 6.07) is 10.2. The van der Waals surface area contributed by atoms with Crippen molar-refractivity contribution < 1.29 is 22.7 Å². The Balaban J connectivity index is 1.28. The predicted molar refractivity (Wildman–Crippen MR) is 133 cm³/mol. The summed E-state index contributed by atoms with van der Waals surface area (Å²) in [5.41, 5.74) is -2.31. The lowest BCUT2D eigenvalue weighted by molar-refractivity contribution is -0.138. The molecule has 3 unspecified atom stereocenters. The first kappa shape index (κ1) is 24.1. The van der Waals surface area contributed by atoms with Crippen molar-refractivity contribution >= 4 is 34.6 Å². The number of carbonyl (C=O) groups excluding carboxylic acids is 1. The Morgan fingerprint density at radius 3 is 2.46 bits per heavy atom. The number of benzene rings is 1. The summed E-state index contributed by atoms with van der Waals surface area (Å²) in [7, 11) is 2.15. The van der Waals surface area contributed by atoms with Crippen molar-refractivity contribution in [1.29, 1.82) is 5.26 Å². The molecular weight excluding hydrogens is 503 g/mol. The van der Waals surface area contributed by atoms with Crippen molar-refractivity contribution in [3.63, 3.8) is 0 Å². The second-order valence-corrected chi connectivity index (χ2v) is 10.7. The zero-order valence-electron chi connectivity index (χ0n) is 20.0. The van der Waals surface area contributed by atoms with Gasteiger partial charge in [0.25, 0.3) is 5.91 Å². The lowest BCUT2D eigenvalue weighted by Gasteiger charge is -2.43. The molecule has 1 aromatic heterocycles. The molecule has 1 aromatic carbocycles. The van der Waals surface area contributed by atoms with Crippen molar-refractivity contribution in [1.82, 2.24) is 9.88 Å². The predicted octanol–water partition coefficient (Wildman–Crippen LogP) is 4.50. The largest absolute Gasteiger partial charge is 0.490 e. The Morgan fingerprint density at radius 1 is 1.19 bits per heavy atom. The van der Waals surface area contributed by atoms with Crippen LogP contribution in [0, 0.1) is 17.2 Å². The van der Waals surface area contributed by atoms with E-state index >= 15 is 0 Å². The molecule has 2 bridgehead atoms. The molecule has 37 heavy (non-hydrogen) atoms. The molecule has 2 saturated heterocycles. The number of hydrogen-bond acceptors (Lipinski definition) is 6. The Hall–Kier alpha value is -3.23. The standard InChI is InChI=1S/C26H24F3N5O2S/c1-32-14-15-9-17(32)11-22(15)36-19-5-3-16(4-6-19)34-24(37)33(23(35)25(34)7-2-8-25)18-10-20(26(27,28)29)21(12-30)31-13-18/h3-6,10,13,15,17,22H,2,7-9,11,14H2,1H3. The number of piperidine rings is 1. The Bertz CT molecular complexity index is 1320. The zero-order chi connectivity index (χ0) is 26.1. The van der Waals surface area contributed by atoms with E-state index in [1.165, 1.54) is 6.07 Å². The van der Waals surface area contributed by atoms with Gasteiger partial charge in [0.15, 0.2) is 10.8 Å². The van der Waals surface area contributed by atoms with Crippen LogP contribution in [0.1, 0.15) is 43.4 Å². The van der Waals surface area contributed by atoms with Gasteiger partial charge in [0.1, 0.15) is 23.5 Å². The average Bonchev–Trinajstić information content (AvgIpc) is 3.47. The van der Waals surface area contributed by atoms with E-state index in [0.29, 0.717) is 30.5 Å². The SMILES string of the molecule is CN1CC2CC1CC2Oc1ccc(N2C(=S)N(c3cnc(C#N)c(C(F)(F)F)c3)C(=O)C23CCC3)cc1. The zero-order valence-corrected chi connectivity index (χ0v) is 20.8. The molecule has 7 nitrogen and oxygen atoms in total. The van der Waals surface area contributed by atoms with Crippen molar-refractivity contribution in [3.05, 3.63) is 47.8 Å². The summed E-state index contributed by atoms with van der Waals surface area (Å²) in [5, 5.41) is 9.17. The molecule has 6 rings (SSSR count). The number of hydrogen-bond donors (Lipinski definition) is 0. The fourth-order valence-electron chi connectivity index (χ4n) is 6.21. The van der Waals surface area contributed by atoms with E-state index < -0.39 is 23.0 Å². The minimum Gasteiger partial charge on any atom is -0.490 e. The summed E-state index contributed by atoms with van der Waals surface area (Å²) in [6.07, 6.45) is 0.518. The van der Waals surface area contributed by atoms with Crippen LogP contribution >= 0.6 is 12.2 Å². The highest BCUT2D eigenvalue weighted by Gasteiger charge is 2.59. The molecule has 0 N–H and O–H groups in total. The molecule has 1 spiro atoms. The summed E-state index contributed by atoms with van der Waals surface area (Å²) in [6.45, 7) is 1.04. The molecule has 192 valence electrons. The van der Waals surface area contributed by atoms with Gasteiger partial charge in [-0.05, 0) is 75.3 Å². The van der Waals surface area contributed by atoms with Crippen LogP contribution in [0.2, 0.25) is 0 Å². The first-order valence-electron chi connectivity index (χ1n) is 12.3. The van der Waals surface area contributed by atoms with Gasteiger partial charge in [-0.2, -0.15) is 18.4 Å². The van der Waals surface area contributed by atoms with Gasteiger partial charge in [-0.3, -0.25) is 9.69 Å². The van der Waals surface area contributed by atoms with E-state index in [1.807, 2.05) is 24.3 Å². The second-order valence-electron chi connectivity index (χ2n) is 10.3. The van der Waals surface area contributed by atoms with Gasteiger partial charge in [-0.25, -0.2) is 4.98 Å². The second kappa shape index (κ2) is 8.39. The summed E-state index contributed by atoms with van der Waals surface area (Å²) in [5.74, 6) is 0.883. The molecule has 3 heterocycles. The molecule has 11 heteroatoms. The normalized spacial score (nSPS) is 26.6. The molecule has 0 radical (unpaired) electrons. The Labute approximate surface area is 217 Å². The maximum Gasteiger partial charge on any atom is 0.419 e. The van der Waals surface area contributed by atoms with Crippen LogP contribution in [-0.2, 0) is 11.0 Å². The minimum atomic E-state index is -4.80. The third-order valence-electron chi connectivity index (χ3n) is 8.27. The average molecular weight is 528 g/mol. The number of carbonyl (C=O) groups is 1. The van der Waals surface area contributed by atoms with E-state index in [1.54, 1.807) is 4.90 Å². The number of halogens is 3. The number of aromatic nitrogens is 1. The number of alkyl halides is 3. The Kier molecular flexibility index (Phi) is 5.47. The van der Waals surface area contributed by atoms with Gasteiger partial charge in [0.05, 0.1) is 17.4 Å². The number of nitrogens with zero attached hydrogens (tertiary/aromatic N) is 5. The van der Waals surface area contributed by atoms with E-state index in [9.17, 15) is 18.0 Å². The first-order chi connectivity index (χ1) is 17.6. The molecule has 2 aliphatic carbocycles. The number of likely N-dealkylation sites (tertiary alicyclic amines) is 1. The summed E-state index contributed by atoms with van der Waals surface area (Å²) >= 11 is 5.67. The number of thiocarbonyl (C=S) groups is 1. The summed E-state index contributed by atoms with van der Waals surface area (Å²) < 4.78 is 47.0. The van der Waals surface area contributed by atoms with E-state index in [2.05, 4.69) is 16.9 Å². The van der Waals surface area contributed by atoms with Crippen LogP contribution in [0.15, 0.2) is 36.5 Å². The molecule has 2 saturated carbocycles. The highest BCUT2D eigenvalue weighted by Crippen LogP contribution is 2.48. The fraction of sp³-hybridized carbons (Fsp3) is 0.462. The van der Waals surface area contributed by atoms with E-state index in [-0.39, 0.29) is 22.8 Å². The molecule has 4 fully saturated rings. The topological polar surface area (TPSA) is 72.7 Å². The molecule has 1 amide bonds. The van der Waals surface area contributed by atoms with Crippen LogP contribution in [0.3, 0.4) is 0 Å². The van der Waals surface area contributed by atoms with E-state index in [4.69, 9.17) is 22.2 Å². The molecule has 4 aliphatic rings. The highest BCUT2D eigenvalue weighted by molar-refractivity contribution is 7.81. The number of pyridine rings is 1. The lowest BCUT2D eigenvalue weighted by Crippen LogP contribution is -2.55. The number of rotatable bonds is 4. The third-order valence-corrected chi connectivity index (χ3v) is 8.63. The fourth-order valence-corrected chi connectivity index (χ4v) is 6.68. The van der Waals surface area contributed by atoms with Gasteiger partial charge < -0.3 is 14.5 Å². The van der Waals surface area contributed by atoms with Crippen LogP contribution in [0.5, 0.6) is 5.75 Å². The molecule has 2 aromatic rings. The third kappa shape index (κ3) is 3.68. The smallest absolute Gasteiger partial charge is 0.419 e. The van der Waals surface area contributed by atoms with Gasteiger partial charge in [-0.1, -0.05) is 0 Å². The molecular formula is C26H24F3N5O2S.